The van der Waals surface area contributed by atoms with Gasteiger partial charge in [0.05, 0.1) is 0 Å². The van der Waals surface area contributed by atoms with Gasteiger partial charge in [0.1, 0.15) is 13.2 Å². The Morgan fingerprint density at radius 3 is 2.67 bits per heavy atom. The van der Waals surface area contributed by atoms with Gasteiger partial charge in [0.15, 0.2) is 11.5 Å². The van der Waals surface area contributed by atoms with Crippen LogP contribution in [0.5, 0.6) is 11.5 Å². The molecule has 0 amide bonds. The Hall–Kier alpha value is -1.22. The van der Waals surface area contributed by atoms with Crippen LogP contribution in [-0.4, -0.2) is 13.2 Å². The van der Waals surface area contributed by atoms with Crippen molar-refractivity contribution in [2.24, 2.45) is 5.73 Å². The molecule has 1 aliphatic carbocycles. The van der Waals surface area contributed by atoms with Gasteiger partial charge in [-0.15, -0.1) is 0 Å². The van der Waals surface area contributed by atoms with E-state index in [4.69, 9.17) is 15.2 Å². The summed E-state index contributed by atoms with van der Waals surface area (Å²) in [6, 6.07) is 4.33. The highest BCUT2D eigenvalue weighted by Gasteiger charge is 2.21. The van der Waals surface area contributed by atoms with Gasteiger partial charge in [0.25, 0.3) is 0 Å². The van der Waals surface area contributed by atoms with E-state index in [9.17, 15) is 0 Å². The van der Waals surface area contributed by atoms with Crippen LogP contribution in [0.15, 0.2) is 12.1 Å². The third kappa shape index (κ3) is 1.47. The van der Waals surface area contributed by atoms with Crippen molar-refractivity contribution < 1.29 is 9.47 Å². The van der Waals surface area contributed by atoms with Gasteiger partial charge in [-0.2, -0.15) is 0 Å². The van der Waals surface area contributed by atoms with Crippen molar-refractivity contribution in [3.8, 4) is 11.5 Å². The number of hydrogen-bond donors (Lipinski definition) is 1. The van der Waals surface area contributed by atoms with Crippen LogP contribution in [0, 0.1) is 0 Å². The Bertz CT molecular complexity index is 389. The standard InChI is InChI=1S/C12H15NO2/c13-10-3-1-2-8-6-11-12(7-9(8)10)15-5-4-14-11/h6-7,10H,1-5,13H2. The third-order valence-corrected chi connectivity index (χ3v) is 3.16. The summed E-state index contributed by atoms with van der Waals surface area (Å²) in [5.74, 6) is 1.74. The van der Waals surface area contributed by atoms with Crippen LogP contribution >= 0.6 is 0 Å². The van der Waals surface area contributed by atoms with Gasteiger partial charge in [-0.1, -0.05) is 0 Å². The van der Waals surface area contributed by atoms with Crippen molar-refractivity contribution in [2.75, 3.05) is 13.2 Å². The zero-order valence-corrected chi connectivity index (χ0v) is 8.66. The van der Waals surface area contributed by atoms with Gasteiger partial charge < -0.3 is 15.2 Å². The van der Waals surface area contributed by atoms with Crippen LogP contribution in [0.3, 0.4) is 0 Å². The molecule has 3 rings (SSSR count). The highest BCUT2D eigenvalue weighted by Crippen LogP contribution is 2.38. The second-order valence-corrected chi connectivity index (χ2v) is 4.19. The van der Waals surface area contributed by atoms with Crippen molar-refractivity contribution in [1.82, 2.24) is 0 Å². The maximum atomic E-state index is 6.08. The lowest BCUT2D eigenvalue weighted by Gasteiger charge is -2.26. The van der Waals surface area contributed by atoms with Crippen LogP contribution in [0.1, 0.15) is 30.0 Å². The molecule has 2 N–H and O–H groups in total. The minimum atomic E-state index is 0.171. The summed E-state index contributed by atoms with van der Waals surface area (Å²) in [6.45, 7) is 1.29. The van der Waals surface area contributed by atoms with Gasteiger partial charge in [-0.05, 0) is 42.5 Å². The zero-order valence-electron chi connectivity index (χ0n) is 8.66. The molecular formula is C12H15NO2. The monoisotopic (exact) mass is 205 g/mol. The summed E-state index contributed by atoms with van der Waals surface area (Å²) < 4.78 is 11.1. The number of ether oxygens (including phenoxy) is 2. The maximum Gasteiger partial charge on any atom is 0.161 e. The van der Waals surface area contributed by atoms with E-state index in [2.05, 4.69) is 12.1 Å². The van der Waals surface area contributed by atoms with E-state index in [0.29, 0.717) is 13.2 Å². The average molecular weight is 205 g/mol. The Morgan fingerprint density at radius 1 is 1.13 bits per heavy atom. The average Bonchev–Trinajstić information content (AvgIpc) is 2.27. The molecule has 3 nitrogen and oxygen atoms in total. The highest BCUT2D eigenvalue weighted by atomic mass is 16.6. The fourth-order valence-electron chi connectivity index (χ4n) is 2.38. The number of hydrogen-bond acceptors (Lipinski definition) is 3. The predicted molar refractivity (Wildman–Crippen MR) is 57.3 cm³/mol. The molecule has 1 aliphatic heterocycles. The Labute approximate surface area is 89.2 Å². The Kier molecular flexibility index (Phi) is 2.06. The maximum absolute atomic E-state index is 6.08. The second kappa shape index (κ2) is 3.42. The molecule has 0 radical (unpaired) electrons. The fourth-order valence-corrected chi connectivity index (χ4v) is 2.38. The summed E-state index contributed by atoms with van der Waals surface area (Å²) >= 11 is 0. The van der Waals surface area contributed by atoms with E-state index in [0.717, 1.165) is 24.3 Å². The van der Waals surface area contributed by atoms with Crippen molar-refractivity contribution in [3.05, 3.63) is 23.3 Å². The van der Waals surface area contributed by atoms with E-state index in [-0.39, 0.29) is 6.04 Å². The normalized spacial score (nSPS) is 23.4. The number of fused-ring (bicyclic) bond motifs is 2. The molecule has 3 heteroatoms. The number of benzene rings is 1. The summed E-state index contributed by atoms with van der Waals surface area (Å²) in [5, 5.41) is 0. The lowest BCUT2D eigenvalue weighted by molar-refractivity contribution is 0.171. The molecule has 1 aromatic carbocycles. The first-order valence-corrected chi connectivity index (χ1v) is 5.52. The minimum Gasteiger partial charge on any atom is -0.486 e. The molecule has 0 saturated heterocycles. The zero-order chi connectivity index (χ0) is 10.3. The lowest BCUT2D eigenvalue weighted by atomic mass is 9.88. The van der Waals surface area contributed by atoms with E-state index >= 15 is 0 Å². The van der Waals surface area contributed by atoms with Gasteiger partial charge >= 0.3 is 0 Å². The van der Waals surface area contributed by atoms with Gasteiger partial charge in [-0.25, -0.2) is 0 Å². The number of rotatable bonds is 0. The second-order valence-electron chi connectivity index (χ2n) is 4.19. The summed E-state index contributed by atoms with van der Waals surface area (Å²) in [7, 11) is 0. The smallest absolute Gasteiger partial charge is 0.161 e. The molecule has 1 heterocycles. The largest absolute Gasteiger partial charge is 0.486 e. The van der Waals surface area contributed by atoms with Crippen LogP contribution in [0.2, 0.25) is 0 Å². The SMILES string of the molecule is NC1CCCc2cc3c(cc21)OCCO3. The number of aryl methyl sites for hydroxylation is 1. The molecule has 0 bridgehead atoms. The van der Waals surface area contributed by atoms with Crippen molar-refractivity contribution in [1.29, 1.82) is 0 Å². The molecule has 1 atom stereocenters. The molecule has 2 aliphatic rings. The molecule has 80 valence electrons. The number of nitrogens with two attached hydrogens (primary N) is 1. The molecule has 0 fully saturated rings. The van der Waals surface area contributed by atoms with Crippen molar-refractivity contribution in [2.45, 2.75) is 25.3 Å². The molecule has 15 heavy (non-hydrogen) atoms. The molecule has 0 saturated carbocycles. The fraction of sp³-hybridized carbons (Fsp3) is 0.500. The molecular weight excluding hydrogens is 190 g/mol. The molecule has 1 aromatic rings. The lowest BCUT2D eigenvalue weighted by Crippen LogP contribution is -2.20. The first kappa shape index (κ1) is 9.04. The van der Waals surface area contributed by atoms with E-state index < -0.39 is 0 Å². The molecule has 1 unspecified atom stereocenters. The summed E-state index contributed by atoms with van der Waals surface area (Å²) in [4.78, 5) is 0. The van der Waals surface area contributed by atoms with Crippen molar-refractivity contribution in [3.63, 3.8) is 0 Å². The quantitative estimate of drug-likeness (QED) is 0.702. The first-order chi connectivity index (χ1) is 7.34. The first-order valence-electron chi connectivity index (χ1n) is 5.52. The molecule has 0 spiro atoms. The molecule has 0 aromatic heterocycles. The van der Waals surface area contributed by atoms with Gasteiger partial charge in [0, 0.05) is 6.04 Å². The minimum absolute atomic E-state index is 0.171. The summed E-state index contributed by atoms with van der Waals surface area (Å²) in [6.07, 6.45) is 3.36. The van der Waals surface area contributed by atoms with E-state index in [1.54, 1.807) is 0 Å². The Morgan fingerprint density at radius 2 is 1.87 bits per heavy atom. The Balaban J connectivity index is 2.08. The summed E-state index contributed by atoms with van der Waals surface area (Å²) in [5.41, 5.74) is 8.66. The topological polar surface area (TPSA) is 44.5 Å². The van der Waals surface area contributed by atoms with E-state index in [1.165, 1.54) is 17.5 Å². The van der Waals surface area contributed by atoms with Crippen LogP contribution in [-0.2, 0) is 6.42 Å². The van der Waals surface area contributed by atoms with Gasteiger partial charge in [-0.3, -0.25) is 0 Å². The van der Waals surface area contributed by atoms with Crippen molar-refractivity contribution >= 4 is 0 Å². The van der Waals surface area contributed by atoms with Crippen LogP contribution in [0.25, 0.3) is 0 Å². The third-order valence-electron chi connectivity index (χ3n) is 3.16. The van der Waals surface area contributed by atoms with Gasteiger partial charge in [0.2, 0.25) is 0 Å². The van der Waals surface area contributed by atoms with Crippen LogP contribution < -0.4 is 15.2 Å². The predicted octanol–water partition coefficient (Wildman–Crippen LogP) is 1.79. The highest BCUT2D eigenvalue weighted by molar-refractivity contribution is 5.49. The van der Waals surface area contributed by atoms with Crippen LogP contribution in [0.4, 0.5) is 0 Å². The van der Waals surface area contributed by atoms with E-state index in [1.807, 2.05) is 0 Å².